The molecule has 0 radical (unpaired) electrons. The molecule has 0 unspecified atom stereocenters. The van der Waals surface area contributed by atoms with Crippen molar-refractivity contribution in [3.63, 3.8) is 0 Å². The lowest BCUT2D eigenvalue weighted by atomic mass is 9.94. The lowest BCUT2D eigenvalue weighted by Crippen LogP contribution is -2.10. The van der Waals surface area contributed by atoms with Crippen molar-refractivity contribution >= 4 is 66.4 Å². The number of rotatable bonds is 9. The average molecular weight is 1020 g/mol. The Balaban J connectivity index is 0.666. The van der Waals surface area contributed by atoms with Crippen LogP contribution < -0.4 is 9.80 Å². The number of benzene rings is 12. The minimum Gasteiger partial charge on any atom is -0.309 e. The van der Waals surface area contributed by atoms with Crippen LogP contribution in [-0.2, 0) is 0 Å². The third-order valence-electron chi connectivity index (χ3n) is 17.0. The Morgan fingerprint density at radius 1 is 0.212 bits per heavy atom. The zero-order valence-corrected chi connectivity index (χ0v) is 43.3. The van der Waals surface area contributed by atoms with Crippen molar-refractivity contribution in [2.45, 2.75) is 0 Å². The summed E-state index contributed by atoms with van der Waals surface area (Å²) in [5, 5.41) is 7.80. The van der Waals surface area contributed by atoms with Crippen molar-refractivity contribution in [3.8, 4) is 100 Å². The maximum atomic E-state index is 4.57. The first-order valence-electron chi connectivity index (χ1n) is 27.4. The Hall–Kier alpha value is -10.7. The van der Waals surface area contributed by atoms with Gasteiger partial charge in [0.15, 0.2) is 0 Å². The second kappa shape index (κ2) is 17.4. The smallest absolute Gasteiger partial charge is 0.0644 e. The summed E-state index contributed by atoms with van der Waals surface area (Å²) in [5.41, 5.74) is 29.3. The van der Waals surface area contributed by atoms with Crippen LogP contribution in [0.3, 0.4) is 0 Å². The largest absolute Gasteiger partial charge is 0.309 e. The van der Waals surface area contributed by atoms with Gasteiger partial charge >= 0.3 is 0 Å². The molecule has 12 aromatic carbocycles. The third kappa shape index (κ3) is 6.76. The maximum absolute atomic E-state index is 4.57. The van der Waals surface area contributed by atoms with E-state index in [1.54, 1.807) is 0 Å². The molecule has 0 N–H and O–H groups in total. The number of hydrogen-bond acceptors (Lipinski definition) is 4. The first-order chi connectivity index (χ1) is 39.7. The van der Waals surface area contributed by atoms with Gasteiger partial charge in [-0.15, -0.1) is 0 Å². The molecule has 2 aromatic heterocycles. The molecule has 0 saturated carbocycles. The van der Waals surface area contributed by atoms with Crippen LogP contribution in [0.4, 0.5) is 34.1 Å². The summed E-state index contributed by atoms with van der Waals surface area (Å²) in [6, 6.07) is 93.9. The van der Waals surface area contributed by atoms with Gasteiger partial charge in [-0.2, -0.15) is 0 Å². The molecule has 2 heterocycles. The van der Waals surface area contributed by atoms with E-state index in [2.05, 4.69) is 262 Å². The van der Waals surface area contributed by atoms with Gasteiger partial charge in [-0.3, -0.25) is 9.97 Å². The van der Waals surface area contributed by atoms with Crippen LogP contribution in [0.2, 0.25) is 0 Å². The van der Waals surface area contributed by atoms with Crippen LogP contribution in [0.5, 0.6) is 0 Å². The average Bonchev–Trinajstić information content (AvgIpc) is 4.15. The van der Waals surface area contributed by atoms with Gasteiger partial charge < -0.3 is 9.80 Å². The highest BCUT2D eigenvalue weighted by atomic mass is 15.2. The summed E-state index contributed by atoms with van der Waals surface area (Å²) < 4.78 is 0. The first-order valence-corrected chi connectivity index (χ1v) is 27.4. The van der Waals surface area contributed by atoms with Crippen molar-refractivity contribution in [2.24, 2.45) is 0 Å². The molecule has 4 heteroatoms. The van der Waals surface area contributed by atoms with Crippen LogP contribution >= 0.6 is 0 Å². The van der Waals surface area contributed by atoms with E-state index in [1.807, 2.05) is 36.9 Å². The summed E-state index contributed by atoms with van der Waals surface area (Å²) in [6.07, 6.45) is 7.51. The minimum atomic E-state index is 1.00. The van der Waals surface area contributed by atoms with Crippen LogP contribution in [-0.4, -0.2) is 9.97 Å². The Kier molecular flexibility index (Phi) is 9.68. The molecule has 370 valence electrons. The van der Waals surface area contributed by atoms with E-state index in [0.717, 1.165) is 34.1 Å². The van der Waals surface area contributed by atoms with Gasteiger partial charge in [0.05, 0.1) is 23.8 Å². The van der Waals surface area contributed by atoms with Crippen molar-refractivity contribution < 1.29 is 0 Å². The molecule has 0 spiro atoms. The van der Waals surface area contributed by atoms with Gasteiger partial charge in [0, 0.05) is 35.1 Å². The summed E-state index contributed by atoms with van der Waals surface area (Å²) in [5.74, 6) is 0. The van der Waals surface area contributed by atoms with Gasteiger partial charge in [0.1, 0.15) is 0 Å². The number of hydrogen-bond donors (Lipinski definition) is 0. The normalized spacial score (nSPS) is 12.0. The number of pyridine rings is 2. The highest BCUT2D eigenvalue weighted by molar-refractivity contribution is 6.26. The number of aromatic nitrogens is 2. The van der Waals surface area contributed by atoms with Gasteiger partial charge in [-0.1, -0.05) is 158 Å². The highest BCUT2D eigenvalue weighted by Crippen LogP contribution is 2.57. The highest BCUT2D eigenvalue weighted by Gasteiger charge is 2.30. The van der Waals surface area contributed by atoms with E-state index in [9.17, 15) is 0 Å². The van der Waals surface area contributed by atoms with Crippen molar-refractivity contribution in [3.05, 3.63) is 280 Å². The second-order valence-electron chi connectivity index (χ2n) is 21.3. The fourth-order valence-corrected chi connectivity index (χ4v) is 13.4. The van der Waals surface area contributed by atoms with E-state index < -0.39 is 0 Å². The van der Waals surface area contributed by atoms with Crippen LogP contribution in [0.15, 0.2) is 280 Å². The van der Waals surface area contributed by atoms with Crippen LogP contribution in [0.1, 0.15) is 0 Å². The zero-order chi connectivity index (χ0) is 52.4. The van der Waals surface area contributed by atoms with Crippen LogP contribution in [0, 0.1) is 0 Å². The predicted octanol–water partition coefficient (Wildman–Crippen LogP) is 20.8. The minimum absolute atomic E-state index is 1.00. The Morgan fingerprint density at radius 2 is 0.613 bits per heavy atom. The first kappa shape index (κ1) is 44.4. The van der Waals surface area contributed by atoms with E-state index in [0.29, 0.717) is 0 Å². The molecular weight excluding hydrogens is 969 g/mol. The van der Waals surface area contributed by atoms with Crippen molar-refractivity contribution in [2.75, 3.05) is 9.80 Å². The fourth-order valence-electron chi connectivity index (χ4n) is 13.4. The van der Waals surface area contributed by atoms with Gasteiger partial charge in [-0.05, 0) is 230 Å². The molecule has 14 aromatic rings. The second-order valence-corrected chi connectivity index (χ2v) is 21.3. The molecule has 0 amide bonds. The number of fused-ring (bicyclic) bond motifs is 10. The Morgan fingerprint density at radius 3 is 1.19 bits per heavy atom. The quantitative estimate of drug-likeness (QED) is 0.144. The monoisotopic (exact) mass is 1010 g/mol. The van der Waals surface area contributed by atoms with Gasteiger partial charge in [-0.25, -0.2) is 0 Å². The number of nitrogens with zero attached hydrogens (tertiary/aromatic N) is 4. The maximum Gasteiger partial charge on any atom is 0.0644 e. The summed E-state index contributed by atoms with van der Waals surface area (Å²) >= 11 is 0. The molecule has 3 aliphatic rings. The van der Waals surface area contributed by atoms with Crippen LogP contribution in [0.25, 0.3) is 132 Å². The van der Waals surface area contributed by atoms with E-state index in [-0.39, 0.29) is 0 Å². The Labute approximate surface area is 463 Å². The third-order valence-corrected chi connectivity index (χ3v) is 17.0. The molecule has 17 rings (SSSR count). The predicted molar refractivity (Wildman–Crippen MR) is 334 cm³/mol. The molecule has 80 heavy (non-hydrogen) atoms. The molecule has 0 atom stereocenters. The summed E-state index contributed by atoms with van der Waals surface area (Å²) in [4.78, 5) is 13.5. The van der Waals surface area contributed by atoms with Crippen molar-refractivity contribution in [1.29, 1.82) is 0 Å². The molecule has 0 fully saturated rings. The SMILES string of the molecule is c1ccc(N(c2ccc(-c3ccc4cc5c(cc4c3)-c3ccc(-c4ccc(N(c6ccc(-c7ccc8c(c7)-c7ccc9c%10c(ccc-8c7%10)-c7ccccc7-9)cc6)c6cccnc6)cc4)c4cccc-5c34)cc2)c2cccnc2)cc1. The lowest BCUT2D eigenvalue weighted by molar-refractivity contribution is 1.23. The van der Waals surface area contributed by atoms with E-state index >= 15 is 0 Å². The molecule has 0 bridgehead atoms. The van der Waals surface area contributed by atoms with Crippen molar-refractivity contribution in [1.82, 2.24) is 9.97 Å². The lowest BCUT2D eigenvalue weighted by Gasteiger charge is -2.25. The van der Waals surface area contributed by atoms with E-state index in [4.69, 9.17) is 0 Å². The molecule has 0 aliphatic heterocycles. The van der Waals surface area contributed by atoms with Gasteiger partial charge in [0.2, 0.25) is 0 Å². The summed E-state index contributed by atoms with van der Waals surface area (Å²) in [7, 11) is 0. The Bertz CT molecular complexity index is 4770. The fraction of sp³-hybridized carbons (Fsp3) is 0. The zero-order valence-electron chi connectivity index (χ0n) is 43.3. The standard InChI is InChI=1S/C76H46N4/c1-2-9-54(10-3-1)79(58-11-7-39-77-45-58)55-26-19-47(20-27-55)50-17-18-52-43-72-65-16-6-15-64-60(33-34-69(74(64)65)73(72)44-53(52)41-50)49-23-30-57(31-24-49)80(59-12-8-40-78-46-59)56-28-21-48(22-29-56)51-25-32-63-68-36-35-66-61-13-4-5-14-62(61)67-37-38-70(71(63)42-51)76(68)75(66)67/h1-46H. The topological polar surface area (TPSA) is 32.3 Å². The molecular formula is C76H46N4. The molecule has 3 aliphatic carbocycles. The van der Waals surface area contributed by atoms with E-state index in [1.165, 1.54) is 132 Å². The molecule has 0 saturated heterocycles. The number of anilines is 6. The number of para-hydroxylation sites is 1. The van der Waals surface area contributed by atoms with Gasteiger partial charge in [0.25, 0.3) is 0 Å². The molecule has 4 nitrogen and oxygen atoms in total. The summed E-state index contributed by atoms with van der Waals surface area (Å²) in [6.45, 7) is 0.